The van der Waals surface area contributed by atoms with Crippen LogP contribution in [0.4, 0.5) is 5.69 Å². The molecule has 0 N–H and O–H groups in total. The van der Waals surface area contributed by atoms with Gasteiger partial charge < -0.3 is 18.8 Å². The van der Waals surface area contributed by atoms with Gasteiger partial charge in [-0.2, -0.15) is 0 Å². The van der Waals surface area contributed by atoms with Gasteiger partial charge in [-0.25, -0.2) is 0 Å². The van der Waals surface area contributed by atoms with Gasteiger partial charge in [0, 0.05) is 17.3 Å². The maximum absolute atomic E-state index is 12.3. The predicted octanol–water partition coefficient (Wildman–Crippen LogP) is 2.69. The molecule has 136 valence electrons. The van der Waals surface area contributed by atoms with Crippen LogP contribution in [-0.4, -0.2) is 44.4 Å². The van der Waals surface area contributed by atoms with Crippen LogP contribution in [0.5, 0.6) is 5.75 Å². The van der Waals surface area contributed by atoms with Crippen molar-refractivity contribution in [2.24, 2.45) is 4.99 Å². The van der Waals surface area contributed by atoms with Crippen molar-refractivity contribution in [3.8, 4) is 17.1 Å². The summed E-state index contributed by atoms with van der Waals surface area (Å²) in [5.41, 5.74) is 2.17. The number of nitrogens with zero attached hydrogens (tertiary/aromatic N) is 2. The minimum Gasteiger partial charge on any atom is -0.497 e. The number of ether oxygens (including phenoxy) is 2. The van der Waals surface area contributed by atoms with E-state index in [1.165, 1.54) is 7.11 Å². The lowest BCUT2D eigenvalue weighted by molar-refractivity contribution is -0.139. The molecule has 26 heavy (non-hydrogen) atoms. The van der Waals surface area contributed by atoms with Crippen molar-refractivity contribution in [3.63, 3.8) is 0 Å². The number of amides is 1. The third-order valence-corrected chi connectivity index (χ3v) is 4.18. The zero-order valence-corrected chi connectivity index (χ0v) is 14.9. The van der Waals surface area contributed by atoms with Gasteiger partial charge in [-0.15, -0.1) is 0 Å². The quantitative estimate of drug-likeness (QED) is 0.452. The van der Waals surface area contributed by atoms with E-state index < -0.39 is 6.04 Å². The number of carbonyl (C=O) groups is 2. The minimum atomic E-state index is -0.459. The number of benzene rings is 1. The molecule has 3 rings (SSSR count). The van der Waals surface area contributed by atoms with Gasteiger partial charge in [0.25, 0.3) is 5.91 Å². The fourth-order valence-corrected chi connectivity index (χ4v) is 2.70. The van der Waals surface area contributed by atoms with Crippen LogP contribution >= 0.6 is 0 Å². The summed E-state index contributed by atoms with van der Waals surface area (Å²) in [5.74, 6) is 0.955. The van der Waals surface area contributed by atoms with Gasteiger partial charge in [0.15, 0.2) is 0 Å². The van der Waals surface area contributed by atoms with E-state index in [-0.39, 0.29) is 18.3 Å². The van der Waals surface area contributed by atoms with Gasteiger partial charge in [-0.05, 0) is 31.2 Å². The van der Waals surface area contributed by atoms with E-state index in [0.29, 0.717) is 23.7 Å². The third-order valence-electron chi connectivity index (χ3n) is 4.18. The van der Waals surface area contributed by atoms with Crippen LogP contribution in [-0.2, 0) is 14.3 Å². The smallest absolute Gasteiger partial charge is 0.311 e. The number of furan rings is 1. The van der Waals surface area contributed by atoms with Crippen molar-refractivity contribution in [3.05, 3.63) is 36.6 Å². The van der Waals surface area contributed by atoms with Crippen LogP contribution in [0.1, 0.15) is 13.3 Å². The molecule has 7 nitrogen and oxygen atoms in total. The molecule has 1 saturated heterocycles. The van der Waals surface area contributed by atoms with Gasteiger partial charge >= 0.3 is 5.97 Å². The number of hydrogen-bond donors (Lipinski definition) is 0. The molecule has 2 heterocycles. The molecule has 1 aromatic heterocycles. The van der Waals surface area contributed by atoms with E-state index in [0.717, 1.165) is 11.3 Å². The Balaban J connectivity index is 1.65. The Morgan fingerprint density at radius 1 is 1.31 bits per heavy atom. The van der Waals surface area contributed by atoms with Crippen LogP contribution in [0.25, 0.3) is 11.3 Å². The molecule has 0 aliphatic carbocycles. The summed E-state index contributed by atoms with van der Waals surface area (Å²) in [6.45, 7) is 2.17. The number of rotatable bonds is 6. The van der Waals surface area contributed by atoms with E-state index in [1.54, 1.807) is 25.2 Å². The van der Waals surface area contributed by atoms with Crippen molar-refractivity contribution >= 4 is 23.3 Å². The molecule has 2 aromatic rings. The molecule has 0 spiro atoms. The zero-order chi connectivity index (χ0) is 18.7. The second-order valence-corrected chi connectivity index (χ2v) is 5.98. The zero-order valence-electron chi connectivity index (χ0n) is 14.9. The average Bonchev–Trinajstić information content (AvgIpc) is 3.13. The first-order chi connectivity index (χ1) is 12.5. The van der Waals surface area contributed by atoms with E-state index in [2.05, 4.69) is 9.73 Å². The molecule has 0 radical (unpaired) electrons. The molecular formula is C19H20N2O5. The van der Waals surface area contributed by atoms with Crippen LogP contribution in [0, 0.1) is 0 Å². The highest BCUT2D eigenvalue weighted by atomic mass is 16.5. The number of β-lactam (4-membered cyclic amide) rings is 1. The van der Waals surface area contributed by atoms with Crippen molar-refractivity contribution in [1.82, 2.24) is 0 Å². The number of carbonyl (C=O) groups excluding carboxylic acids is 2. The van der Waals surface area contributed by atoms with E-state index in [1.807, 2.05) is 30.3 Å². The summed E-state index contributed by atoms with van der Waals surface area (Å²) in [6.07, 6.45) is 1.65. The Bertz CT molecular complexity index is 838. The van der Waals surface area contributed by atoms with Crippen LogP contribution in [0.15, 0.2) is 46.0 Å². The molecule has 0 saturated carbocycles. The summed E-state index contributed by atoms with van der Waals surface area (Å²) in [6, 6.07) is 8.84. The largest absolute Gasteiger partial charge is 0.497 e. The molecule has 1 atom stereocenters. The summed E-state index contributed by atoms with van der Waals surface area (Å²) in [7, 11) is 2.94. The fourth-order valence-electron chi connectivity index (χ4n) is 2.70. The topological polar surface area (TPSA) is 81.3 Å². The Labute approximate surface area is 151 Å². The van der Waals surface area contributed by atoms with Crippen molar-refractivity contribution in [1.29, 1.82) is 0 Å². The lowest BCUT2D eigenvalue weighted by Gasteiger charge is -2.35. The standard InChI is InChI=1S/C19H20N2O5/c1-12(8-18(22)25-3)20-16-10-21(19(16)23)14-9-17(26-11-14)13-4-6-15(24-2)7-5-13/h4-7,9,11,16H,8,10H2,1-3H3. The molecule has 1 fully saturated rings. The minimum absolute atomic E-state index is 0.0909. The lowest BCUT2D eigenvalue weighted by atomic mass is 10.1. The Kier molecular flexibility index (Phi) is 5.06. The Morgan fingerprint density at radius 2 is 2.04 bits per heavy atom. The molecule has 7 heteroatoms. The van der Waals surface area contributed by atoms with Crippen molar-refractivity contribution in [2.45, 2.75) is 19.4 Å². The second kappa shape index (κ2) is 7.43. The average molecular weight is 356 g/mol. The predicted molar refractivity (Wildman–Crippen MR) is 96.6 cm³/mol. The summed E-state index contributed by atoms with van der Waals surface area (Å²) < 4.78 is 15.3. The molecular weight excluding hydrogens is 336 g/mol. The van der Waals surface area contributed by atoms with Crippen molar-refractivity contribution < 1.29 is 23.5 Å². The number of esters is 1. The highest BCUT2D eigenvalue weighted by Crippen LogP contribution is 2.31. The lowest BCUT2D eigenvalue weighted by Crippen LogP contribution is -2.56. The van der Waals surface area contributed by atoms with Gasteiger partial charge in [0.1, 0.15) is 23.8 Å². The van der Waals surface area contributed by atoms with Crippen LogP contribution < -0.4 is 9.64 Å². The summed E-state index contributed by atoms with van der Waals surface area (Å²) in [4.78, 5) is 29.5. The summed E-state index contributed by atoms with van der Waals surface area (Å²) >= 11 is 0. The molecule has 1 aromatic carbocycles. The Hall–Kier alpha value is -3.09. The molecule has 1 unspecified atom stereocenters. The SMILES string of the molecule is COC(=O)CC(C)=NC1CN(c2coc(-c3ccc(OC)cc3)c2)C1=O. The summed E-state index contributed by atoms with van der Waals surface area (Å²) in [5, 5.41) is 0. The van der Waals surface area contributed by atoms with Crippen molar-refractivity contribution in [2.75, 3.05) is 25.7 Å². The molecule has 1 aliphatic heterocycles. The normalized spacial score (nSPS) is 17.0. The van der Waals surface area contributed by atoms with E-state index in [9.17, 15) is 9.59 Å². The number of hydrogen-bond acceptors (Lipinski definition) is 6. The maximum Gasteiger partial charge on any atom is 0.311 e. The van der Waals surface area contributed by atoms with Gasteiger partial charge in [-0.3, -0.25) is 14.6 Å². The highest BCUT2D eigenvalue weighted by molar-refractivity contribution is 6.06. The van der Waals surface area contributed by atoms with Gasteiger partial charge in [0.05, 0.1) is 32.9 Å². The third kappa shape index (κ3) is 3.61. The fraction of sp³-hybridized carbons (Fsp3) is 0.316. The number of methoxy groups -OCH3 is 2. The second-order valence-electron chi connectivity index (χ2n) is 5.98. The van der Waals surface area contributed by atoms with E-state index >= 15 is 0 Å². The molecule has 0 bridgehead atoms. The first kappa shape index (κ1) is 17.7. The van der Waals surface area contributed by atoms with Crippen LogP contribution in [0.3, 0.4) is 0 Å². The first-order valence-electron chi connectivity index (χ1n) is 8.16. The number of anilines is 1. The van der Waals surface area contributed by atoms with Gasteiger partial charge in [0.2, 0.25) is 0 Å². The monoisotopic (exact) mass is 356 g/mol. The molecule has 1 amide bonds. The van der Waals surface area contributed by atoms with E-state index in [4.69, 9.17) is 9.15 Å². The Morgan fingerprint density at radius 3 is 2.65 bits per heavy atom. The molecule has 1 aliphatic rings. The highest BCUT2D eigenvalue weighted by Gasteiger charge is 2.38. The first-order valence-corrected chi connectivity index (χ1v) is 8.16. The maximum atomic E-state index is 12.3. The van der Waals surface area contributed by atoms with Gasteiger partial charge in [-0.1, -0.05) is 0 Å². The number of aliphatic imine (C=N–C) groups is 1. The van der Waals surface area contributed by atoms with Crippen LogP contribution in [0.2, 0.25) is 0 Å².